The van der Waals surface area contributed by atoms with E-state index in [4.69, 9.17) is 5.11 Å². The quantitative estimate of drug-likeness (QED) is 0.689. The Morgan fingerprint density at radius 3 is 2.52 bits per heavy atom. The van der Waals surface area contributed by atoms with Gasteiger partial charge in [-0.2, -0.15) is 0 Å². The van der Waals surface area contributed by atoms with Crippen LogP contribution in [0.1, 0.15) is 78.1 Å². The van der Waals surface area contributed by atoms with E-state index >= 15 is 0 Å². The summed E-state index contributed by atoms with van der Waals surface area (Å²) in [5.41, 5.74) is -0.415. The summed E-state index contributed by atoms with van der Waals surface area (Å²) in [4.78, 5) is 35.8. The average molecular weight is 379 g/mol. The number of fused-ring (bicyclic) bond motifs is 1. The highest BCUT2D eigenvalue weighted by atomic mass is 16.4. The fraction of sp³-hybridized carbons (Fsp3) is 0.864. The molecule has 3 aliphatic carbocycles. The molecular formula is C22H34O5. The summed E-state index contributed by atoms with van der Waals surface area (Å²) in [7, 11) is 0. The van der Waals surface area contributed by atoms with Crippen molar-refractivity contribution in [1.29, 1.82) is 0 Å². The van der Waals surface area contributed by atoms with Gasteiger partial charge < -0.3 is 15.0 Å². The lowest BCUT2D eigenvalue weighted by molar-refractivity contribution is -0.146. The van der Waals surface area contributed by atoms with Crippen molar-refractivity contribution in [2.45, 2.75) is 84.2 Å². The molecule has 0 saturated heterocycles. The van der Waals surface area contributed by atoms with Crippen LogP contribution >= 0.6 is 0 Å². The number of rotatable bonds is 6. The molecule has 0 aromatic heterocycles. The molecular weight excluding hydrogens is 344 g/mol. The lowest BCUT2D eigenvalue weighted by atomic mass is 9.51. The summed E-state index contributed by atoms with van der Waals surface area (Å²) >= 11 is 0. The van der Waals surface area contributed by atoms with Gasteiger partial charge in [0.05, 0.1) is 6.10 Å². The Labute approximate surface area is 161 Å². The van der Waals surface area contributed by atoms with Gasteiger partial charge in [-0.15, -0.1) is 0 Å². The van der Waals surface area contributed by atoms with Crippen molar-refractivity contribution in [3.05, 3.63) is 0 Å². The first kappa shape index (κ1) is 20.5. The van der Waals surface area contributed by atoms with E-state index in [2.05, 4.69) is 6.92 Å². The topological polar surface area (TPSA) is 91.7 Å². The maximum absolute atomic E-state index is 12.8. The van der Waals surface area contributed by atoms with Crippen LogP contribution in [0.4, 0.5) is 0 Å². The van der Waals surface area contributed by atoms with E-state index in [0.717, 1.165) is 38.4 Å². The molecule has 2 N–H and O–H groups in total. The molecule has 3 rings (SSSR count). The van der Waals surface area contributed by atoms with Gasteiger partial charge in [0.15, 0.2) is 0 Å². The van der Waals surface area contributed by atoms with E-state index in [9.17, 15) is 19.5 Å². The number of aliphatic carboxylic acids is 1. The molecule has 27 heavy (non-hydrogen) atoms. The van der Waals surface area contributed by atoms with Crippen LogP contribution in [0.25, 0.3) is 0 Å². The van der Waals surface area contributed by atoms with E-state index in [1.54, 1.807) is 0 Å². The summed E-state index contributed by atoms with van der Waals surface area (Å²) in [6.45, 7) is 4.31. The van der Waals surface area contributed by atoms with Crippen molar-refractivity contribution >= 4 is 18.0 Å². The number of aliphatic hydroxyl groups excluding tert-OH is 1. The molecule has 0 aromatic carbocycles. The highest BCUT2D eigenvalue weighted by molar-refractivity contribution is 5.86. The highest BCUT2D eigenvalue weighted by Gasteiger charge is 2.58. The number of hydrogen-bond acceptors (Lipinski definition) is 4. The van der Waals surface area contributed by atoms with E-state index in [-0.39, 0.29) is 35.9 Å². The Kier molecular flexibility index (Phi) is 5.81. The number of carbonyl (C=O) groups is 3. The molecule has 3 saturated carbocycles. The Morgan fingerprint density at radius 2 is 1.89 bits per heavy atom. The molecule has 0 amide bonds. The molecule has 0 bridgehead atoms. The first-order chi connectivity index (χ1) is 12.7. The molecule has 0 heterocycles. The third-order valence-corrected chi connectivity index (χ3v) is 8.50. The molecule has 5 nitrogen and oxygen atoms in total. The Hall–Kier alpha value is -1.23. The van der Waals surface area contributed by atoms with Gasteiger partial charge in [0.1, 0.15) is 12.1 Å². The summed E-state index contributed by atoms with van der Waals surface area (Å²) in [6.07, 6.45) is 7.89. The monoisotopic (exact) mass is 378 g/mol. The number of carbonyl (C=O) groups excluding carboxylic acids is 2. The largest absolute Gasteiger partial charge is 0.481 e. The highest BCUT2D eigenvalue weighted by Crippen LogP contribution is 2.62. The van der Waals surface area contributed by atoms with Crippen LogP contribution in [0.5, 0.6) is 0 Å². The normalized spacial score (nSPS) is 44.7. The number of Topliss-reactive ketones (excluding diaryl/α,β-unsaturated/α-hetero) is 1. The van der Waals surface area contributed by atoms with Crippen LogP contribution < -0.4 is 0 Å². The van der Waals surface area contributed by atoms with Crippen LogP contribution in [0.3, 0.4) is 0 Å². The summed E-state index contributed by atoms with van der Waals surface area (Å²) < 4.78 is 0. The SMILES string of the molecule is C[C@]1(C2CC[C@@]3(C)C(CC[C@@H]3CCCC(=O)O)C2C=O)CC[C@H](O)CC1=O. The Balaban J connectivity index is 1.76. The minimum atomic E-state index is -0.741. The zero-order valence-electron chi connectivity index (χ0n) is 16.7. The van der Waals surface area contributed by atoms with E-state index < -0.39 is 17.5 Å². The molecule has 0 aromatic rings. The molecule has 3 unspecified atom stereocenters. The fourth-order valence-electron chi connectivity index (χ4n) is 6.76. The number of carboxylic acids is 1. The number of aldehydes is 1. The third kappa shape index (κ3) is 3.59. The van der Waals surface area contributed by atoms with Gasteiger partial charge >= 0.3 is 5.97 Å². The number of ketones is 1. The smallest absolute Gasteiger partial charge is 0.303 e. The van der Waals surface area contributed by atoms with E-state index in [1.807, 2.05) is 6.92 Å². The predicted molar refractivity (Wildman–Crippen MR) is 101 cm³/mol. The van der Waals surface area contributed by atoms with Gasteiger partial charge in [-0.05, 0) is 74.5 Å². The minimum Gasteiger partial charge on any atom is -0.481 e. The van der Waals surface area contributed by atoms with Crippen molar-refractivity contribution in [3.8, 4) is 0 Å². The summed E-state index contributed by atoms with van der Waals surface area (Å²) in [5, 5.41) is 18.8. The average Bonchev–Trinajstić information content (AvgIpc) is 2.94. The van der Waals surface area contributed by atoms with Gasteiger partial charge in [-0.3, -0.25) is 9.59 Å². The number of carboxylic acid groups (broad SMARTS) is 1. The summed E-state index contributed by atoms with van der Waals surface area (Å²) in [5.74, 6) is 0.123. The van der Waals surface area contributed by atoms with Crippen molar-refractivity contribution in [1.82, 2.24) is 0 Å². The predicted octanol–water partition coefficient (Wildman–Crippen LogP) is 3.62. The van der Waals surface area contributed by atoms with Crippen LogP contribution in [-0.4, -0.2) is 34.4 Å². The number of hydrogen-bond donors (Lipinski definition) is 2. The lowest BCUT2D eigenvalue weighted by Gasteiger charge is -2.53. The minimum absolute atomic E-state index is 0.0749. The molecule has 0 spiro atoms. The second-order valence-electron chi connectivity index (χ2n) is 9.77. The van der Waals surface area contributed by atoms with Gasteiger partial charge in [0.25, 0.3) is 0 Å². The second-order valence-corrected chi connectivity index (χ2v) is 9.77. The molecule has 3 fully saturated rings. The maximum Gasteiger partial charge on any atom is 0.303 e. The molecule has 0 aliphatic heterocycles. The maximum atomic E-state index is 12.8. The van der Waals surface area contributed by atoms with Crippen LogP contribution in [0.2, 0.25) is 0 Å². The van der Waals surface area contributed by atoms with Crippen LogP contribution in [0.15, 0.2) is 0 Å². The van der Waals surface area contributed by atoms with Crippen molar-refractivity contribution in [3.63, 3.8) is 0 Å². The lowest BCUT2D eigenvalue weighted by Crippen LogP contribution is -2.51. The van der Waals surface area contributed by atoms with Crippen molar-refractivity contribution < 1.29 is 24.6 Å². The van der Waals surface area contributed by atoms with Gasteiger partial charge in [0.2, 0.25) is 0 Å². The third-order valence-electron chi connectivity index (χ3n) is 8.50. The second kappa shape index (κ2) is 7.65. The van der Waals surface area contributed by atoms with Gasteiger partial charge in [-0.1, -0.05) is 13.8 Å². The fourth-order valence-corrected chi connectivity index (χ4v) is 6.76. The van der Waals surface area contributed by atoms with E-state index in [0.29, 0.717) is 31.1 Å². The molecule has 7 atom stereocenters. The first-order valence-corrected chi connectivity index (χ1v) is 10.6. The standard InChI is InChI=1S/C22H34O5/c1-21-11-9-18(22(2)10-8-15(24)12-19(22)25)16(13-23)17(21)7-6-14(21)4-3-5-20(26)27/h13-18,24H,3-12H2,1-2H3,(H,26,27)/t14-,15-,16?,17?,18?,21+,22+/m0/s1. The van der Waals surface area contributed by atoms with Gasteiger partial charge in [0, 0.05) is 24.2 Å². The van der Waals surface area contributed by atoms with Crippen LogP contribution in [-0.2, 0) is 14.4 Å². The molecule has 152 valence electrons. The van der Waals surface area contributed by atoms with Crippen molar-refractivity contribution in [2.24, 2.45) is 34.5 Å². The zero-order chi connectivity index (χ0) is 19.8. The molecule has 5 heteroatoms. The first-order valence-electron chi connectivity index (χ1n) is 10.6. The van der Waals surface area contributed by atoms with Crippen molar-refractivity contribution in [2.75, 3.05) is 0 Å². The molecule has 0 radical (unpaired) electrons. The van der Waals surface area contributed by atoms with Crippen LogP contribution in [0, 0.1) is 34.5 Å². The van der Waals surface area contributed by atoms with Gasteiger partial charge in [-0.25, -0.2) is 0 Å². The molecule has 3 aliphatic rings. The van der Waals surface area contributed by atoms with E-state index in [1.165, 1.54) is 0 Å². The Bertz CT molecular complexity index is 602. The zero-order valence-corrected chi connectivity index (χ0v) is 16.7. The Morgan fingerprint density at radius 1 is 1.15 bits per heavy atom. The number of aliphatic hydroxyl groups is 1. The summed E-state index contributed by atoms with van der Waals surface area (Å²) in [6, 6.07) is 0.